The fraction of sp³-hybridized carbons (Fsp3) is 0.273. The van der Waals surface area contributed by atoms with E-state index in [1.165, 1.54) is 13.2 Å². The molecule has 0 spiro atoms. The van der Waals surface area contributed by atoms with Crippen molar-refractivity contribution < 1.29 is 9.13 Å². The number of halogens is 1. The highest BCUT2D eigenvalue weighted by molar-refractivity contribution is 5.54. The first kappa shape index (κ1) is 10.7. The molecule has 0 aliphatic carbocycles. The Bertz CT molecular complexity index is 347. The van der Waals surface area contributed by atoms with Gasteiger partial charge in [-0.1, -0.05) is 12.2 Å². The van der Waals surface area contributed by atoms with Crippen molar-refractivity contribution in [2.75, 3.05) is 13.7 Å². The van der Waals surface area contributed by atoms with Crippen LogP contribution in [0.1, 0.15) is 11.1 Å². The molecule has 0 radical (unpaired) electrons. The molecule has 0 heterocycles. The normalized spacial score (nSPS) is 10.9. The van der Waals surface area contributed by atoms with Crippen LogP contribution >= 0.6 is 0 Å². The van der Waals surface area contributed by atoms with E-state index in [2.05, 4.69) is 0 Å². The van der Waals surface area contributed by atoms with Crippen LogP contribution in [0.2, 0.25) is 0 Å². The second kappa shape index (κ2) is 4.77. The molecule has 0 aromatic heterocycles. The number of rotatable bonds is 3. The van der Waals surface area contributed by atoms with Crippen LogP contribution in [0.4, 0.5) is 4.39 Å². The molecule has 0 saturated carbocycles. The highest BCUT2D eigenvalue weighted by atomic mass is 19.1. The minimum absolute atomic E-state index is 0.294. The van der Waals surface area contributed by atoms with E-state index in [9.17, 15) is 4.39 Å². The summed E-state index contributed by atoms with van der Waals surface area (Å²) in [5.41, 5.74) is 6.73. The maximum Gasteiger partial charge on any atom is 0.134 e. The number of benzene rings is 1. The molecule has 76 valence electrons. The van der Waals surface area contributed by atoms with Crippen molar-refractivity contribution in [1.29, 1.82) is 0 Å². The minimum Gasteiger partial charge on any atom is -0.496 e. The lowest BCUT2D eigenvalue weighted by Crippen LogP contribution is -1.94. The number of nitrogens with two attached hydrogens (primary N) is 1. The Morgan fingerprint density at radius 1 is 1.50 bits per heavy atom. The molecule has 3 heteroatoms. The zero-order chi connectivity index (χ0) is 10.6. The topological polar surface area (TPSA) is 35.2 Å². The van der Waals surface area contributed by atoms with Gasteiger partial charge in [0.05, 0.1) is 7.11 Å². The van der Waals surface area contributed by atoms with E-state index in [1.807, 2.05) is 6.92 Å². The van der Waals surface area contributed by atoms with Crippen molar-refractivity contribution >= 4 is 6.08 Å². The first-order chi connectivity index (χ1) is 6.69. The second-order valence-corrected chi connectivity index (χ2v) is 2.98. The van der Waals surface area contributed by atoms with Gasteiger partial charge in [-0.05, 0) is 18.6 Å². The van der Waals surface area contributed by atoms with E-state index < -0.39 is 0 Å². The van der Waals surface area contributed by atoms with Gasteiger partial charge in [-0.2, -0.15) is 0 Å². The largest absolute Gasteiger partial charge is 0.496 e. The molecule has 0 atom stereocenters. The predicted molar refractivity (Wildman–Crippen MR) is 55.8 cm³/mol. The Morgan fingerprint density at radius 2 is 2.21 bits per heavy atom. The van der Waals surface area contributed by atoms with Crippen molar-refractivity contribution in [3.8, 4) is 5.75 Å². The van der Waals surface area contributed by atoms with Gasteiger partial charge >= 0.3 is 0 Å². The summed E-state index contributed by atoms with van der Waals surface area (Å²) in [6.07, 6.45) is 3.38. The van der Waals surface area contributed by atoms with Crippen LogP contribution in [-0.2, 0) is 0 Å². The second-order valence-electron chi connectivity index (χ2n) is 2.98. The SMILES string of the molecule is COc1cc(F)c(/C=C/CN)cc1C. The van der Waals surface area contributed by atoms with E-state index in [4.69, 9.17) is 10.5 Å². The molecular weight excluding hydrogens is 181 g/mol. The van der Waals surface area contributed by atoms with Gasteiger partial charge < -0.3 is 10.5 Å². The first-order valence-electron chi connectivity index (χ1n) is 4.39. The van der Waals surface area contributed by atoms with Gasteiger partial charge in [-0.3, -0.25) is 0 Å². The molecule has 0 saturated heterocycles. The number of ether oxygens (including phenoxy) is 1. The molecule has 0 amide bonds. The van der Waals surface area contributed by atoms with Crippen LogP contribution in [0.3, 0.4) is 0 Å². The van der Waals surface area contributed by atoms with Crippen molar-refractivity contribution in [3.05, 3.63) is 35.2 Å². The molecule has 2 N–H and O–H groups in total. The Morgan fingerprint density at radius 3 is 2.79 bits per heavy atom. The van der Waals surface area contributed by atoms with Crippen molar-refractivity contribution in [1.82, 2.24) is 0 Å². The van der Waals surface area contributed by atoms with Gasteiger partial charge in [0.15, 0.2) is 0 Å². The molecule has 0 bridgehead atoms. The highest BCUT2D eigenvalue weighted by Crippen LogP contribution is 2.22. The Balaban J connectivity index is 3.08. The zero-order valence-corrected chi connectivity index (χ0v) is 8.38. The molecule has 1 rings (SSSR count). The van der Waals surface area contributed by atoms with E-state index in [0.717, 1.165) is 5.56 Å². The fourth-order valence-corrected chi connectivity index (χ4v) is 1.23. The maximum absolute atomic E-state index is 13.4. The van der Waals surface area contributed by atoms with E-state index >= 15 is 0 Å². The summed E-state index contributed by atoms with van der Waals surface area (Å²) in [7, 11) is 1.52. The molecule has 1 aromatic rings. The Hall–Kier alpha value is -1.35. The lowest BCUT2D eigenvalue weighted by molar-refractivity contribution is 0.408. The Labute approximate surface area is 83.2 Å². The molecule has 0 unspecified atom stereocenters. The number of aryl methyl sites for hydroxylation is 1. The third-order valence-electron chi connectivity index (χ3n) is 1.95. The first-order valence-corrected chi connectivity index (χ1v) is 4.39. The van der Waals surface area contributed by atoms with E-state index in [-0.39, 0.29) is 5.82 Å². The fourth-order valence-electron chi connectivity index (χ4n) is 1.23. The summed E-state index contributed by atoms with van der Waals surface area (Å²) in [4.78, 5) is 0. The van der Waals surface area contributed by atoms with Gasteiger partial charge in [0, 0.05) is 18.2 Å². The van der Waals surface area contributed by atoms with Crippen LogP contribution in [0.15, 0.2) is 18.2 Å². The van der Waals surface area contributed by atoms with Gasteiger partial charge in [-0.25, -0.2) is 4.39 Å². The van der Waals surface area contributed by atoms with Crippen molar-refractivity contribution in [2.24, 2.45) is 5.73 Å². The summed E-state index contributed by atoms with van der Waals surface area (Å²) in [5.74, 6) is 0.268. The molecule has 1 aromatic carbocycles. The molecular formula is C11H14FNO. The smallest absolute Gasteiger partial charge is 0.134 e. The zero-order valence-electron chi connectivity index (χ0n) is 8.38. The van der Waals surface area contributed by atoms with Gasteiger partial charge in [0.25, 0.3) is 0 Å². The number of hydrogen-bond acceptors (Lipinski definition) is 2. The highest BCUT2D eigenvalue weighted by Gasteiger charge is 2.04. The van der Waals surface area contributed by atoms with Gasteiger partial charge in [0.1, 0.15) is 11.6 Å². The summed E-state index contributed by atoms with van der Waals surface area (Å²) in [6.45, 7) is 2.28. The van der Waals surface area contributed by atoms with E-state index in [1.54, 1.807) is 18.2 Å². The third kappa shape index (κ3) is 2.33. The predicted octanol–water partition coefficient (Wildman–Crippen LogP) is 2.11. The van der Waals surface area contributed by atoms with Crippen LogP contribution in [0.25, 0.3) is 6.08 Å². The molecule has 0 aliphatic heterocycles. The van der Waals surface area contributed by atoms with Crippen LogP contribution in [0, 0.1) is 12.7 Å². The monoisotopic (exact) mass is 195 g/mol. The minimum atomic E-state index is -0.294. The number of methoxy groups -OCH3 is 1. The molecule has 0 aliphatic rings. The van der Waals surface area contributed by atoms with Crippen LogP contribution in [-0.4, -0.2) is 13.7 Å². The molecule has 0 fully saturated rings. The quantitative estimate of drug-likeness (QED) is 0.801. The number of hydrogen-bond donors (Lipinski definition) is 1. The average molecular weight is 195 g/mol. The molecule has 14 heavy (non-hydrogen) atoms. The summed E-state index contributed by atoms with van der Waals surface area (Å²) < 4.78 is 18.4. The standard InChI is InChI=1S/C11H14FNO/c1-8-6-9(4-3-5-13)10(12)7-11(8)14-2/h3-4,6-7H,5,13H2,1-2H3/b4-3+. The van der Waals surface area contributed by atoms with Gasteiger partial charge in [0.2, 0.25) is 0 Å². The maximum atomic E-state index is 13.4. The summed E-state index contributed by atoms with van der Waals surface area (Å²) >= 11 is 0. The van der Waals surface area contributed by atoms with Crippen LogP contribution in [0.5, 0.6) is 5.75 Å². The lowest BCUT2D eigenvalue weighted by atomic mass is 10.1. The van der Waals surface area contributed by atoms with E-state index in [0.29, 0.717) is 17.9 Å². The summed E-state index contributed by atoms with van der Waals surface area (Å²) in [6, 6.07) is 3.12. The molecule has 2 nitrogen and oxygen atoms in total. The average Bonchev–Trinajstić information content (AvgIpc) is 2.18. The van der Waals surface area contributed by atoms with Crippen molar-refractivity contribution in [3.63, 3.8) is 0 Å². The Kier molecular flexibility index (Phi) is 3.65. The summed E-state index contributed by atoms with van der Waals surface area (Å²) in [5, 5.41) is 0. The van der Waals surface area contributed by atoms with Crippen molar-refractivity contribution in [2.45, 2.75) is 6.92 Å². The third-order valence-corrected chi connectivity index (χ3v) is 1.95. The van der Waals surface area contributed by atoms with Gasteiger partial charge in [-0.15, -0.1) is 0 Å². The lowest BCUT2D eigenvalue weighted by Gasteiger charge is -2.06. The van der Waals surface area contributed by atoms with Crippen LogP contribution < -0.4 is 10.5 Å².